The molecule has 1 rings (SSSR count). The summed E-state index contributed by atoms with van der Waals surface area (Å²) in [5.74, 6) is 0.597. The summed E-state index contributed by atoms with van der Waals surface area (Å²) in [6.07, 6.45) is 0.344. The first-order valence-electron chi connectivity index (χ1n) is 4.38. The van der Waals surface area contributed by atoms with Gasteiger partial charge in [0.25, 0.3) is 0 Å². The van der Waals surface area contributed by atoms with Crippen molar-refractivity contribution < 1.29 is 13.9 Å². The zero-order chi connectivity index (χ0) is 10.6. The van der Waals surface area contributed by atoms with Gasteiger partial charge in [-0.3, -0.25) is 4.79 Å². The van der Waals surface area contributed by atoms with Crippen LogP contribution in [-0.2, 0) is 17.9 Å². The van der Waals surface area contributed by atoms with E-state index in [9.17, 15) is 9.18 Å². The van der Waals surface area contributed by atoms with Crippen LogP contribution in [0.4, 0.5) is 4.39 Å². The standard InChI is InChI=1S/C11H13FO2/c1-8(13)5-9-3-4-11(14-2)10(6-9)7-12/h3-4,6H,5,7H2,1-2H3. The minimum atomic E-state index is -0.574. The maximum absolute atomic E-state index is 12.5. The van der Waals surface area contributed by atoms with E-state index in [4.69, 9.17) is 4.74 Å². The Morgan fingerprint density at radius 2 is 2.21 bits per heavy atom. The molecule has 0 aliphatic rings. The normalized spacial score (nSPS) is 9.93. The number of Topliss-reactive ketones (excluding diaryl/α,β-unsaturated/α-hetero) is 1. The van der Waals surface area contributed by atoms with Gasteiger partial charge in [0.2, 0.25) is 0 Å². The third-order valence-electron chi connectivity index (χ3n) is 1.94. The molecule has 1 aromatic rings. The molecule has 0 unspecified atom stereocenters. The van der Waals surface area contributed by atoms with E-state index in [1.807, 2.05) is 0 Å². The lowest BCUT2D eigenvalue weighted by molar-refractivity contribution is -0.116. The Morgan fingerprint density at radius 1 is 1.50 bits per heavy atom. The lowest BCUT2D eigenvalue weighted by Gasteiger charge is -2.06. The number of rotatable bonds is 4. The summed E-state index contributed by atoms with van der Waals surface area (Å²) in [6.45, 7) is 0.939. The zero-order valence-electron chi connectivity index (χ0n) is 8.34. The Labute approximate surface area is 82.7 Å². The van der Waals surface area contributed by atoms with Crippen molar-refractivity contribution in [2.75, 3.05) is 7.11 Å². The summed E-state index contributed by atoms with van der Waals surface area (Å²) in [5.41, 5.74) is 1.32. The Kier molecular flexibility index (Phi) is 3.63. The van der Waals surface area contributed by atoms with Crippen LogP contribution in [0.15, 0.2) is 18.2 Å². The molecule has 76 valence electrons. The summed E-state index contributed by atoms with van der Waals surface area (Å²) in [7, 11) is 1.50. The molecule has 0 radical (unpaired) electrons. The molecule has 0 aromatic heterocycles. The molecule has 3 heteroatoms. The minimum absolute atomic E-state index is 0.0694. The van der Waals surface area contributed by atoms with Crippen molar-refractivity contribution >= 4 is 5.78 Å². The number of ether oxygens (including phenoxy) is 1. The molecule has 0 aliphatic heterocycles. The van der Waals surface area contributed by atoms with Crippen LogP contribution in [0, 0.1) is 0 Å². The van der Waals surface area contributed by atoms with E-state index in [0.717, 1.165) is 5.56 Å². The molecule has 0 fully saturated rings. The molecule has 0 saturated heterocycles. The monoisotopic (exact) mass is 196 g/mol. The fourth-order valence-electron chi connectivity index (χ4n) is 1.33. The van der Waals surface area contributed by atoms with Gasteiger partial charge >= 0.3 is 0 Å². The van der Waals surface area contributed by atoms with Crippen LogP contribution in [-0.4, -0.2) is 12.9 Å². The van der Waals surface area contributed by atoms with Crippen LogP contribution in [0.25, 0.3) is 0 Å². The van der Waals surface area contributed by atoms with E-state index in [0.29, 0.717) is 17.7 Å². The van der Waals surface area contributed by atoms with Crippen LogP contribution in [0.3, 0.4) is 0 Å². The molecular formula is C11H13FO2. The Morgan fingerprint density at radius 3 is 2.71 bits per heavy atom. The van der Waals surface area contributed by atoms with Crippen molar-refractivity contribution in [1.29, 1.82) is 0 Å². The van der Waals surface area contributed by atoms with Crippen molar-refractivity contribution in [1.82, 2.24) is 0 Å². The molecule has 0 heterocycles. The molecule has 1 aromatic carbocycles. The van der Waals surface area contributed by atoms with Crippen LogP contribution >= 0.6 is 0 Å². The van der Waals surface area contributed by atoms with Crippen molar-refractivity contribution in [3.05, 3.63) is 29.3 Å². The molecule has 2 nitrogen and oxygen atoms in total. The first-order valence-corrected chi connectivity index (χ1v) is 4.38. The number of carbonyl (C=O) groups excluding carboxylic acids is 1. The third kappa shape index (κ3) is 2.55. The summed E-state index contributed by atoms with van der Waals surface area (Å²) >= 11 is 0. The van der Waals surface area contributed by atoms with Crippen LogP contribution in [0.2, 0.25) is 0 Å². The van der Waals surface area contributed by atoms with Gasteiger partial charge in [-0.25, -0.2) is 4.39 Å². The van der Waals surface area contributed by atoms with E-state index >= 15 is 0 Å². The van der Waals surface area contributed by atoms with Gasteiger partial charge in [-0.05, 0) is 24.6 Å². The highest BCUT2D eigenvalue weighted by Crippen LogP contribution is 2.21. The number of ketones is 1. The molecule has 0 N–H and O–H groups in total. The summed E-state index contributed by atoms with van der Waals surface area (Å²) in [4.78, 5) is 10.8. The first-order chi connectivity index (χ1) is 6.67. The predicted molar refractivity (Wildman–Crippen MR) is 52.2 cm³/mol. The van der Waals surface area contributed by atoms with Gasteiger partial charge in [-0.2, -0.15) is 0 Å². The highest BCUT2D eigenvalue weighted by atomic mass is 19.1. The quantitative estimate of drug-likeness (QED) is 0.738. The summed E-state index contributed by atoms with van der Waals surface area (Å²) in [5, 5.41) is 0. The molecule has 14 heavy (non-hydrogen) atoms. The fraction of sp³-hybridized carbons (Fsp3) is 0.364. The lowest BCUT2D eigenvalue weighted by Crippen LogP contribution is -1.98. The lowest BCUT2D eigenvalue weighted by atomic mass is 10.1. The van der Waals surface area contributed by atoms with Gasteiger partial charge in [0, 0.05) is 12.0 Å². The van der Waals surface area contributed by atoms with Crippen molar-refractivity contribution in [3.63, 3.8) is 0 Å². The van der Waals surface area contributed by atoms with Crippen LogP contribution < -0.4 is 4.74 Å². The first kappa shape index (κ1) is 10.7. The molecule has 0 spiro atoms. The Hall–Kier alpha value is -1.38. The van der Waals surface area contributed by atoms with E-state index < -0.39 is 6.67 Å². The minimum Gasteiger partial charge on any atom is -0.496 e. The maximum atomic E-state index is 12.5. The number of hydrogen-bond acceptors (Lipinski definition) is 2. The number of benzene rings is 1. The highest BCUT2D eigenvalue weighted by molar-refractivity contribution is 5.78. The SMILES string of the molecule is COc1ccc(CC(C)=O)cc1CF. The maximum Gasteiger partial charge on any atom is 0.134 e. The molecule has 0 atom stereocenters. The van der Waals surface area contributed by atoms with Crippen LogP contribution in [0.5, 0.6) is 5.75 Å². The van der Waals surface area contributed by atoms with Gasteiger partial charge in [0.15, 0.2) is 0 Å². The number of alkyl halides is 1. The van der Waals surface area contributed by atoms with Crippen LogP contribution in [0.1, 0.15) is 18.1 Å². The predicted octanol–water partition coefficient (Wildman–Crippen LogP) is 2.30. The van der Waals surface area contributed by atoms with E-state index in [1.165, 1.54) is 14.0 Å². The second-order valence-corrected chi connectivity index (χ2v) is 3.16. The summed E-state index contributed by atoms with van der Waals surface area (Å²) < 4.78 is 17.5. The fourth-order valence-corrected chi connectivity index (χ4v) is 1.33. The second kappa shape index (κ2) is 4.74. The Bertz CT molecular complexity index is 334. The number of hydrogen-bond donors (Lipinski definition) is 0. The molecule has 0 aliphatic carbocycles. The molecule has 0 bridgehead atoms. The van der Waals surface area contributed by atoms with Gasteiger partial charge in [-0.15, -0.1) is 0 Å². The number of halogens is 1. The second-order valence-electron chi connectivity index (χ2n) is 3.16. The average Bonchev–Trinajstić information content (AvgIpc) is 2.16. The molecule has 0 saturated carbocycles. The van der Waals surface area contributed by atoms with E-state index in [2.05, 4.69) is 0 Å². The topological polar surface area (TPSA) is 26.3 Å². The van der Waals surface area contributed by atoms with E-state index in [1.54, 1.807) is 18.2 Å². The molecule has 0 amide bonds. The highest BCUT2D eigenvalue weighted by Gasteiger charge is 2.05. The number of carbonyl (C=O) groups is 1. The van der Waals surface area contributed by atoms with Gasteiger partial charge in [0.05, 0.1) is 7.11 Å². The van der Waals surface area contributed by atoms with Gasteiger partial charge < -0.3 is 4.74 Å². The van der Waals surface area contributed by atoms with E-state index in [-0.39, 0.29) is 5.78 Å². The summed E-state index contributed by atoms with van der Waals surface area (Å²) in [6, 6.07) is 5.13. The zero-order valence-corrected chi connectivity index (χ0v) is 8.34. The van der Waals surface area contributed by atoms with Gasteiger partial charge in [-0.1, -0.05) is 6.07 Å². The number of methoxy groups -OCH3 is 1. The van der Waals surface area contributed by atoms with Crippen molar-refractivity contribution in [2.45, 2.75) is 20.0 Å². The average molecular weight is 196 g/mol. The molecular weight excluding hydrogens is 183 g/mol. The third-order valence-corrected chi connectivity index (χ3v) is 1.94. The smallest absolute Gasteiger partial charge is 0.134 e. The largest absolute Gasteiger partial charge is 0.496 e. The van der Waals surface area contributed by atoms with Gasteiger partial charge in [0.1, 0.15) is 18.2 Å². The Balaban J connectivity index is 2.95. The van der Waals surface area contributed by atoms with Crippen molar-refractivity contribution in [2.24, 2.45) is 0 Å². The van der Waals surface area contributed by atoms with Crippen molar-refractivity contribution in [3.8, 4) is 5.75 Å².